The molecule has 0 aromatic carbocycles. The molecular formula is C34H66O2. The first-order valence-electron chi connectivity index (χ1n) is 16.5. The Labute approximate surface area is 227 Å². The van der Waals surface area contributed by atoms with E-state index in [0.717, 1.165) is 38.5 Å². The fourth-order valence-corrected chi connectivity index (χ4v) is 5.54. The molecule has 0 rings (SSSR count). The summed E-state index contributed by atoms with van der Waals surface area (Å²) in [5.41, 5.74) is -0.465. The molecule has 2 heteroatoms. The summed E-state index contributed by atoms with van der Waals surface area (Å²) in [5.74, 6) is -0.514. The second-order valence-electron chi connectivity index (χ2n) is 11.6. The summed E-state index contributed by atoms with van der Waals surface area (Å²) in [7, 11) is 0. The summed E-state index contributed by atoms with van der Waals surface area (Å²) in [6, 6.07) is 0. The summed E-state index contributed by atoms with van der Waals surface area (Å²) in [6.45, 7) is 6.77. The smallest absolute Gasteiger partial charge is 0.309 e. The van der Waals surface area contributed by atoms with Crippen molar-refractivity contribution in [3.63, 3.8) is 0 Å². The Morgan fingerprint density at radius 3 is 1.08 bits per heavy atom. The number of allylic oxidation sites excluding steroid dienone is 2. The quantitative estimate of drug-likeness (QED) is 0.0808. The monoisotopic (exact) mass is 507 g/mol. The van der Waals surface area contributed by atoms with Crippen molar-refractivity contribution in [1.29, 1.82) is 0 Å². The molecule has 36 heavy (non-hydrogen) atoms. The topological polar surface area (TPSA) is 37.3 Å². The summed E-state index contributed by atoms with van der Waals surface area (Å²) in [4.78, 5) is 12.5. The van der Waals surface area contributed by atoms with E-state index in [-0.39, 0.29) is 0 Å². The van der Waals surface area contributed by atoms with Crippen LogP contribution < -0.4 is 0 Å². The summed E-state index contributed by atoms with van der Waals surface area (Å²) in [6.07, 6.45) is 37.9. The van der Waals surface area contributed by atoms with Gasteiger partial charge >= 0.3 is 5.97 Å². The van der Waals surface area contributed by atoms with Crippen LogP contribution in [0.25, 0.3) is 0 Å². The normalized spacial score (nSPS) is 13.4. The first-order chi connectivity index (χ1) is 17.6. The van der Waals surface area contributed by atoms with Crippen molar-refractivity contribution < 1.29 is 9.90 Å². The van der Waals surface area contributed by atoms with Gasteiger partial charge in [0.15, 0.2) is 0 Å². The van der Waals surface area contributed by atoms with E-state index in [2.05, 4.69) is 32.9 Å². The van der Waals surface area contributed by atoms with Gasteiger partial charge in [-0.05, 0) is 44.9 Å². The Balaban J connectivity index is 4.21. The van der Waals surface area contributed by atoms with Gasteiger partial charge in [-0.2, -0.15) is 0 Å². The SMILES string of the molecule is CCCCCCCC/C=C\CCCCCCC(CCCCCC)(CCCCCCCCCC)C(=O)O. The summed E-state index contributed by atoms with van der Waals surface area (Å²) >= 11 is 0. The minimum atomic E-state index is -0.514. The van der Waals surface area contributed by atoms with Gasteiger partial charge in [0.1, 0.15) is 0 Å². The van der Waals surface area contributed by atoms with Gasteiger partial charge in [0.25, 0.3) is 0 Å². The van der Waals surface area contributed by atoms with Gasteiger partial charge in [0.05, 0.1) is 5.41 Å². The number of carbonyl (C=O) groups is 1. The fraction of sp³-hybridized carbons (Fsp3) is 0.912. The van der Waals surface area contributed by atoms with Gasteiger partial charge in [-0.15, -0.1) is 0 Å². The van der Waals surface area contributed by atoms with Crippen molar-refractivity contribution in [2.75, 3.05) is 0 Å². The molecule has 0 saturated carbocycles. The van der Waals surface area contributed by atoms with E-state index >= 15 is 0 Å². The summed E-state index contributed by atoms with van der Waals surface area (Å²) in [5, 5.41) is 10.3. The molecule has 0 spiro atoms. The zero-order chi connectivity index (χ0) is 26.6. The van der Waals surface area contributed by atoms with Crippen LogP contribution in [-0.4, -0.2) is 11.1 Å². The molecule has 1 unspecified atom stereocenters. The highest BCUT2D eigenvalue weighted by atomic mass is 16.4. The molecule has 0 saturated heterocycles. The Kier molecular flexibility index (Phi) is 26.7. The maximum atomic E-state index is 12.5. The molecule has 0 amide bonds. The molecule has 0 radical (unpaired) electrons. The van der Waals surface area contributed by atoms with E-state index in [1.54, 1.807) is 0 Å². The molecule has 2 nitrogen and oxygen atoms in total. The van der Waals surface area contributed by atoms with E-state index < -0.39 is 11.4 Å². The molecule has 1 atom stereocenters. The zero-order valence-electron chi connectivity index (χ0n) is 25.1. The molecule has 0 aliphatic carbocycles. The average Bonchev–Trinajstić information content (AvgIpc) is 2.87. The Morgan fingerprint density at radius 2 is 0.750 bits per heavy atom. The van der Waals surface area contributed by atoms with E-state index in [4.69, 9.17) is 0 Å². The zero-order valence-corrected chi connectivity index (χ0v) is 25.1. The lowest BCUT2D eigenvalue weighted by atomic mass is 9.74. The molecule has 1 N–H and O–H groups in total. The van der Waals surface area contributed by atoms with Crippen LogP contribution in [0.3, 0.4) is 0 Å². The highest BCUT2D eigenvalue weighted by Gasteiger charge is 2.36. The Hall–Kier alpha value is -0.790. The molecule has 0 aliphatic rings. The van der Waals surface area contributed by atoms with Crippen molar-refractivity contribution in [2.45, 2.75) is 194 Å². The van der Waals surface area contributed by atoms with E-state index in [9.17, 15) is 9.90 Å². The number of unbranched alkanes of at least 4 members (excludes halogenated alkanes) is 20. The van der Waals surface area contributed by atoms with Crippen molar-refractivity contribution >= 4 is 5.97 Å². The van der Waals surface area contributed by atoms with E-state index in [1.165, 1.54) is 135 Å². The predicted octanol–water partition coefficient (Wildman–Crippen LogP) is 12.2. The number of carboxylic acids is 1. The maximum Gasteiger partial charge on any atom is 0.309 e. The highest BCUT2D eigenvalue weighted by Crippen LogP contribution is 2.38. The lowest BCUT2D eigenvalue weighted by Gasteiger charge is -2.30. The van der Waals surface area contributed by atoms with E-state index in [0.29, 0.717) is 0 Å². The minimum Gasteiger partial charge on any atom is -0.481 e. The lowest BCUT2D eigenvalue weighted by molar-refractivity contribution is -0.150. The number of carboxylic acid groups (broad SMARTS) is 1. The Bertz CT molecular complexity index is 484. The fourth-order valence-electron chi connectivity index (χ4n) is 5.54. The third-order valence-corrected chi connectivity index (χ3v) is 8.14. The molecule has 0 heterocycles. The number of hydrogen-bond donors (Lipinski definition) is 1. The number of rotatable bonds is 29. The predicted molar refractivity (Wildman–Crippen MR) is 161 cm³/mol. The van der Waals surface area contributed by atoms with Crippen molar-refractivity contribution in [3.05, 3.63) is 12.2 Å². The molecule has 0 aromatic rings. The third kappa shape index (κ3) is 21.3. The average molecular weight is 507 g/mol. The van der Waals surface area contributed by atoms with Gasteiger partial charge < -0.3 is 5.11 Å². The van der Waals surface area contributed by atoms with Crippen LogP contribution in [0.2, 0.25) is 0 Å². The molecule has 0 aromatic heterocycles. The maximum absolute atomic E-state index is 12.5. The van der Waals surface area contributed by atoms with Crippen LogP contribution in [0.5, 0.6) is 0 Å². The van der Waals surface area contributed by atoms with Gasteiger partial charge in [-0.25, -0.2) is 0 Å². The Morgan fingerprint density at radius 1 is 0.472 bits per heavy atom. The van der Waals surface area contributed by atoms with Crippen LogP contribution in [0, 0.1) is 5.41 Å². The van der Waals surface area contributed by atoms with Gasteiger partial charge in [-0.3, -0.25) is 4.79 Å². The first kappa shape index (κ1) is 35.2. The van der Waals surface area contributed by atoms with Crippen LogP contribution >= 0.6 is 0 Å². The summed E-state index contributed by atoms with van der Waals surface area (Å²) < 4.78 is 0. The molecule has 0 aliphatic heterocycles. The van der Waals surface area contributed by atoms with Crippen molar-refractivity contribution in [1.82, 2.24) is 0 Å². The highest BCUT2D eigenvalue weighted by molar-refractivity contribution is 5.74. The molecule has 214 valence electrons. The largest absolute Gasteiger partial charge is 0.481 e. The second-order valence-corrected chi connectivity index (χ2v) is 11.6. The minimum absolute atomic E-state index is 0.465. The van der Waals surface area contributed by atoms with Crippen LogP contribution in [-0.2, 0) is 4.79 Å². The molecular weight excluding hydrogens is 440 g/mol. The van der Waals surface area contributed by atoms with Gasteiger partial charge in [-0.1, -0.05) is 161 Å². The van der Waals surface area contributed by atoms with Crippen LogP contribution in [0.1, 0.15) is 194 Å². The third-order valence-electron chi connectivity index (χ3n) is 8.14. The number of hydrogen-bond acceptors (Lipinski definition) is 1. The first-order valence-corrected chi connectivity index (χ1v) is 16.5. The van der Waals surface area contributed by atoms with Crippen molar-refractivity contribution in [2.24, 2.45) is 5.41 Å². The van der Waals surface area contributed by atoms with Crippen LogP contribution in [0.15, 0.2) is 12.2 Å². The van der Waals surface area contributed by atoms with Gasteiger partial charge in [0.2, 0.25) is 0 Å². The van der Waals surface area contributed by atoms with Gasteiger partial charge in [0, 0.05) is 0 Å². The molecule has 0 fully saturated rings. The molecule has 0 bridgehead atoms. The van der Waals surface area contributed by atoms with Crippen LogP contribution in [0.4, 0.5) is 0 Å². The second kappa shape index (κ2) is 27.3. The number of aliphatic carboxylic acids is 1. The van der Waals surface area contributed by atoms with E-state index in [1.807, 2.05) is 0 Å². The lowest BCUT2D eigenvalue weighted by Crippen LogP contribution is -2.31. The standard InChI is InChI=1S/C34H66O2/c1-4-7-10-13-15-17-18-19-20-21-22-24-26-29-32-34(33(35)36,30-27-12-9-6-3)31-28-25-23-16-14-11-8-5-2/h19-20H,4-18,21-32H2,1-3H3,(H,35,36)/b20-19-. The van der Waals surface area contributed by atoms with Crippen molar-refractivity contribution in [3.8, 4) is 0 Å².